The van der Waals surface area contributed by atoms with Crippen molar-refractivity contribution in [3.8, 4) is 39.9 Å². The molecule has 0 aliphatic heterocycles. The van der Waals surface area contributed by atoms with E-state index < -0.39 is 0 Å². The van der Waals surface area contributed by atoms with Gasteiger partial charge in [-0.25, -0.2) is 15.0 Å². The Morgan fingerprint density at radius 3 is 1.54 bits per heavy atom. The number of benzene rings is 8. The molecule has 3 heterocycles. The minimum absolute atomic E-state index is 0.621. The highest BCUT2D eigenvalue weighted by molar-refractivity contribution is 7.26. The Bertz CT molecular complexity index is 3130. The van der Waals surface area contributed by atoms with Gasteiger partial charge in [0.05, 0.1) is 21.4 Å². The third kappa shape index (κ3) is 5.74. The van der Waals surface area contributed by atoms with Crippen LogP contribution >= 0.6 is 11.3 Å². The quantitative estimate of drug-likeness (QED) is 0.163. The minimum atomic E-state index is 0.621. The zero-order valence-corrected chi connectivity index (χ0v) is 31.5. The zero-order chi connectivity index (χ0) is 37.7. The molecule has 0 radical (unpaired) electrons. The predicted octanol–water partition coefficient (Wildman–Crippen LogP) is 13.8. The highest BCUT2D eigenvalue weighted by Gasteiger charge is 2.21. The summed E-state index contributed by atoms with van der Waals surface area (Å²) in [4.78, 5) is 17.4. The molecule has 6 heteroatoms. The summed E-state index contributed by atoms with van der Waals surface area (Å²) in [6.45, 7) is 0. The second-order valence-electron chi connectivity index (χ2n) is 14.1. The third-order valence-electron chi connectivity index (χ3n) is 10.6. The fourth-order valence-corrected chi connectivity index (χ4v) is 9.20. The fraction of sp³-hybridized carbons (Fsp3) is 0. The van der Waals surface area contributed by atoms with Crippen LogP contribution in [0.4, 0.5) is 17.1 Å². The van der Waals surface area contributed by atoms with E-state index in [0.29, 0.717) is 17.5 Å². The standard InChI is InChI=1S/C51H33N5S/c1-4-16-34(17-5-1)49-52-50(35-18-6-2-7-19-35)54-51(53-49)36-20-14-23-38(32-36)55(37-21-8-3-9-22-37)46-29-15-26-42-43-33-39(30-31-47(43)57-48(42)46)56-44-27-12-10-24-40(44)41-25-11-13-28-45(41)56/h1-33H. The molecule has 0 N–H and O–H groups in total. The van der Waals surface area contributed by atoms with Crippen molar-refractivity contribution >= 4 is 70.4 Å². The van der Waals surface area contributed by atoms with Gasteiger partial charge in [-0.2, -0.15) is 0 Å². The minimum Gasteiger partial charge on any atom is -0.309 e. The lowest BCUT2D eigenvalue weighted by molar-refractivity contribution is 1.07. The van der Waals surface area contributed by atoms with Gasteiger partial charge < -0.3 is 9.47 Å². The van der Waals surface area contributed by atoms with Crippen LogP contribution < -0.4 is 4.90 Å². The average Bonchev–Trinajstić information content (AvgIpc) is 3.83. The molecule has 0 fully saturated rings. The fourth-order valence-electron chi connectivity index (χ4n) is 8.01. The van der Waals surface area contributed by atoms with Gasteiger partial charge in [0, 0.05) is 60.0 Å². The van der Waals surface area contributed by atoms with Crippen LogP contribution in [0.25, 0.3) is 81.8 Å². The predicted molar refractivity (Wildman–Crippen MR) is 238 cm³/mol. The van der Waals surface area contributed by atoms with Gasteiger partial charge in [-0.3, -0.25) is 0 Å². The number of aromatic nitrogens is 4. The van der Waals surface area contributed by atoms with Crippen molar-refractivity contribution in [1.82, 2.24) is 19.5 Å². The van der Waals surface area contributed by atoms with E-state index in [4.69, 9.17) is 15.0 Å². The maximum Gasteiger partial charge on any atom is 0.164 e. The van der Waals surface area contributed by atoms with Crippen molar-refractivity contribution in [2.24, 2.45) is 0 Å². The van der Waals surface area contributed by atoms with Crippen LogP contribution in [0, 0.1) is 0 Å². The first kappa shape index (κ1) is 33.0. The van der Waals surface area contributed by atoms with Crippen molar-refractivity contribution < 1.29 is 0 Å². The van der Waals surface area contributed by atoms with Crippen LogP contribution in [0.5, 0.6) is 0 Å². The van der Waals surface area contributed by atoms with Gasteiger partial charge in [-0.15, -0.1) is 11.3 Å². The van der Waals surface area contributed by atoms with Crippen molar-refractivity contribution in [1.29, 1.82) is 0 Å². The second kappa shape index (κ2) is 13.7. The zero-order valence-electron chi connectivity index (χ0n) is 30.7. The Hall–Kier alpha value is -7.41. The summed E-state index contributed by atoms with van der Waals surface area (Å²) in [6.07, 6.45) is 0. The highest BCUT2D eigenvalue weighted by Crippen LogP contribution is 2.46. The maximum atomic E-state index is 5.05. The molecule has 57 heavy (non-hydrogen) atoms. The molecular weight excluding hydrogens is 715 g/mol. The van der Waals surface area contributed by atoms with Gasteiger partial charge >= 0.3 is 0 Å². The van der Waals surface area contributed by atoms with Gasteiger partial charge in [0.25, 0.3) is 0 Å². The van der Waals surface area contributed by atoms with Crippen molar-refractivity contribution in [3.05, 3.63) is 200 Å². The van der Waals surface area contributed by atoms with Crippen LogP contribution in [0.15, 0.2) is 200 Å². The molecule has 8 aromatic carbocycles. The summed E-state index contributed by atoms with van der Waals surface area (Å²) in [6, 6.07) is 70.3. The molecule has 0 saturated heterocycles. The Morgan fingerprint density at radius 2 is 0.895 bits per heavy atom. The Labute approximate surface area is 333 Å². The normalized spacial score (nSPS) is 11.5. The molecule has 0 spiro atoms. The number of hydrogen-bond donors (Lipinski definition) is 0. The number of para-hydroxylation sites is 3. The SMILES string of the molecule is c1ccc(-c2nc(-c3ccccc3)nc(-c3cccc(N(c4ccccc4)c4cccc5c4sc4ccc(-n6c7ccccc7c7ccccc76)cc45)c3)n2)cc1. The lowest BCUT2D eigenvalue weighted by Gasteiger charge is -2.26. The monoisotopic (exact) mass is 747 g/mol. The second-order valence-corrected chi connectivity index (χ2v) is 15.1. The third-order valence-corrected chi connectivity index (χ3v) is 11.8. The van der Waals surface area contributed by atoms with Crippen molar-refractivity contribution in [3.63, 3.8) is 0 Å². The van der Waals surface area contributed by atoms with E-state index >= 15 is 0 Å². The van der Waals surface area contributed by atoms with Crippen molar-refractivity contribution in [2.75, 3.05) is 4.90 Å². The van der Waals surface area contributed by atoms with Crippen LogP contribution in [-0.2, 0) is 0 Å². The smallest absolute Gasteiger partial charge is 0.164 e. The number of rotatable bonds is 7. The summed E-state index contributed by atoms with van der Waals surface area (Å²) in [7, 11) is 0. The maximum absolute atomic E-state index is 5.05. The van der Waals surface area contributed by atoms with Gasteiger partial charge in [-0.05, 0) is 60.7 Å². The molecular formula is C51H33N5S. The van der Waals surface area contributed by atoms with E-state index in [1.165, 1.54) is 42.0 Å². The molecule has 0 atom stereocenters. The summed E-state index contributed by atoms with van der Waals surface area (Å²) in [5.74, 6) is 1.90. The van der Waals surface area contributed by atoms with Crippen LogP contribution in [0.3, 0.4) is 0 Å². The van der Waals surface area contributed by atoms with Gasteiger partial charge in [0.1, 0.15) is 0 Å². The first-order valence-electron chi connectivity index (χ1n) is 19.0. The van der Waals surface area contributed by atoms with Crippen LogP contribution in [0.1, 0.15) is 0 Å². The van der Waals surface area contributed by atoms with Crippen LogP contribution in [0.2, 0.25) is 0 Å². The van der Waals surface area contributed by atoms with E-state index in [0.717, 1.165) is 39.4 Å². The lowest BCUT2D eigenvalue weighted by Crippen LogP contribution is -2.10. The number of thiophene rings is 1. The molecule has 11 aromatic rings. The molecule has 268 valence electrons. The first-order chi connectivity index (χ1) is 28.3. The van der Waals surface area contributed by atoms with E-state index in [1.807, 2.05) is 72.0 Å². The molecule has 0 amide bonds. The summed E-state index contributed by atoms with van der Waals surface area (Å²) < 4.78 is 4.86. The molecule has 3 aromatic heterocycles. The topological polar surface area (TPSA) is 46.8 Å². The number of fused-ring (bicyclic) bond motifs is 6. The molecule has 0 aliphatic carbocycles. The van der Waals surface area contributed by atoms with Crippen molar-refractivity contribution in [2.45, 2.75) is 0 Å². The molecule has 0 unspecified atom stereocenters. The van der Waals surface area contributed by atoms with Gasteiger partial charge in [-0.1, -0.05) is 140 Å². The van der Waals surface area contributed by atoms with E-state index in [2.05, 4.69) is 149 Å². The largest absolute Gasteiger partial charge is 0.309 e. The highest BCUT2D eigenvalue weighted by atomic mass is 32.1. The molecule has 0 aliphatic rings. The Kier molecular flexibility index (Phi) is 7.93. The Morgan fingerprint density at radius 1 is 0.386 bits per heavy atom. The number of nitrogens with zero attached hydrogens (tertiary/aromatic N) is 5. The molecule has 11 rings (SSSR count). The number of anilines is 3. The molecule has 0 saturated carbocycles. The molecule has 5 nitrogen and oxygen atoms in total. The van der Waals surface area contributed by atoms with E-state index in [9.17, 15) is 0 Å². The van der Waals surface area contributed by atoms with E-state index in [1.54, 1.807) is 0 Å². The molecule has 0 bridgehead atoms. The summed E-state index contributed by atoms with van der Waals surface area (Å²) in [5.41, 5.74) is 9.55. The summed E-state index contributed by atoms with van der Waals surface area (Å²) in [5, 5.41) is 4.99. The average molecular weight is 748 g/mol. The Balaban J connectivity index is 1.07. The van der Waals surface area contributed by atoms with Crippen LogP contribution in [-0.4, -0.2) is 19.5 Å². The lowest BCUT2D eigenvalue weighted by atomic mass is 10.1. The summed E-state index contributed by atoms with van der Waals surface area (Å²) >= 11 is 1.84. The van der Waals surface area contributed by atoms with E-state index in [-0.39, 0.29) is 0 Å². The van der Waals surface area contributed by atoms with Gasteiger partial charge in [0.15, 0.2) is 17.5 Å². The first-order valence-corrected chi connectivity index (χ1v) is 19.8. The van der Waals surface area contributed by atoms with Gasteiger partial charge in [0.2, 0.25) is 0 Å². The number of hydrogen-bond acceptors (Lipinski definition) is 5.